The summed E-state index contributed by atoms with van der Waals surface area (Å²) in [6, 6.07) is 14.9. The van der Waals surface area contributed by atoms with E-state index >= 15 is 0 Å². The average Bonchev–Trinajstić information content (AvgIpc) is 2.41. The van der Waals surface area contributed by atoms with Crippen molar-refractivity contribution < 1.29 is 4.79 Å². The molecule has 2 N–H and O–H groups in total. The lowest BCUT2D eigenvalue weighted by Gasteiger charge is -2.18. The molecule has 2 aromatic rings. The van der Waals surface area contributed by atoms with Crippen LogP contribution in [0.5, 0.6) is 0 Å². The molecule has 2 aromatic carbocycles. The highest BCUT2D eigenvalue weighted by Crippen LogP contribution is 2.17. The fourth-order valence-corrected chi connectivity index (χ4v) is 1.82. The van der Waals surface area contributed by atoms with Crippen molar-refractivity contribution in [3.8, 4) is 0 Å². The number of aryl methyl sites for hydroxylation is 1. The van der Waals surface area contributed by atoms with Gasteiger partial charge in [0.2, 0.25) is 0 Å². The maximum atomic E-state index is 12.3. The lowest BCUT2D eigenvalue weighted by atomic mass is 10.0. The van der Waals surface area contributed by atoms with Crippen molar-refractivity contribution >= 4 is 11.6 Å². The van der Waals surface area contributed by atoms with Crippen molar-refractivity contribution in [1.29, 1.82) is 0 Å². The van der Waals surface area contributed by atoms with E-state index in [-0.39, 0.29) is 5.91 Å². The normalized spacial score (nSPS) is 10.2. The zero-order chi connectivity index (χ0) is 13.1. The van der Waals surface area contributed by atoms with Gasteiger partial charge in [-0.2, -0.15) is 0 Å². The Morgan fingerprint density at radius 3 is 2.33 bits per heavy atom. The van der Waals surface area contributed by atoms with Crippen LogP contribution in [-0.4, -0.2) is 5.91 Å². The van der Waals surface area contributed by atoms with E-state index in [0.29, 0.717) is 11.3 Å². The highest BCUT2D eigenvalue weighted by atomic mass is 16.2. The molecule has 1 amide bonds. The van der Waals surface area contributed by atoms with Gasteiger partial charge in [-0.1, -0.05) is 30.3 Å². The van der Waals surface area contributed by atoms with Gasteiger partial charge in [-0.25, -0.2) is 10.9 Å². The third-order valence-corrected chi connectivity index (χ3v) is 3.09. The Labute approximate surface area is 107 Å². The second-order valence-corrected chi connectivity index (χ2v) is 4.26. The molecule has 92 valence electrons. The van der Waals surface area contributed by atoms with Crippen LogP contribution in [0.4, 0.5) is 5.69 Å². The summed E-state index contributed by atoms with van der Waals surface area (Å²) in [5, 5.41) is 1.18. The number of anilines is 1. The van der Waals surface area contributed by atoms with Crippen LogP contribution >= 0.6 is 0 Å². The van der Waals surface area contributed by atoms with E-state index in [4.69, 9.17) is 5.84 Å². The van der Waals surface area contributed by atoms with Gasteiger partial charge in [-0.15, -0.1) is 0 Å². The second-order valence-electron chi connectivity index (χ2n) is 4.26. The lowest BCUT2D eigenvalue weighted by Crippen LogP contribution is -2.37. The van der Waals surface area contributed by atoms with Crippen molar-refractivity contribution in [2.24, 2.45) is 5.84 Å². The number of rotatable bonds is 2. The Balaban J connectivity index is 2.35. The third kappa shape index (κ3) is 2.26. The first-order chi connectivity index (χ1) is 8.61. The van der Waals surface area contributed by atoms with Crippen LogP contribution in [0.2, 0.25) is 0 Å². The lowest BCUT2D eigenvalue weighted by molar-refractivity contribution is 0.0986. The van der Waals surface area contributed by atoms with Crippen LogP contribution in [0.15, 0.2) is 48.5 Å². The SMILES string of the molecule is Cc1cccc(C(=O)N(N)c2ccccc2)c1C. The van der Waals surface area contributed by atoms with Crippen molar-refractivity contribution in [3.63, 3.8) is 0 Å². The van der Waals surface area contributed by atoms with E-state index in [1.165, 1.54) is 5.01 Å². The number of carbonyl (C=O) groups is 1. The monoisotopic (exact) mass is 240 g/mol. The molecule has 2 rings (SSSR count). The Hall–Kier alpha value is -2.13. The van der Waals surface area contributed by atoms with Crippen molar-refractivity contribution in [2.75, 3.05) is 5.01 Å². The smallest absolute Gasteiger partial charge is 0.267 e. The highest BCUT2D eigenvalue weighted by Gasteiger charge is 2.16. The predicted molar refractivity (Wildman–Crippen MR) is 73.4 cm³/mol. The minimum absolute atomic E-state index is 0.192. The van der Waals surface area contributed by atoms with Crippen LogP contribution in [-0.2, 0) is 0 Å². The molecule has 0 unspecified atom stereocenters. The van der Waals surface area contributed by atoms with E-state index in [9.17, 15) is 4.79 Å². The topological polar surface area (TPSA) is 46.3 Å². The van der Waals surface area contributed by atoms with Gasteiger partial charge >= 0.3 is 0 Å². The molecule has 0 bridgehead atoms. The molecule has 0 aliphatic carbocycles. The molecule has 0 aromatic heterocycles. The fourth-order valence-electron chi connectivity index (χ4n) is 1.82. The molecule has 3 heteroatoms. The quantitative estimate of drug-likeness (QED) is 0.498. The molecule has 0 fully saturated rings. The molecule has 0 heterocycles. The number of nitrogens with zero attached hydrogens (tertiary/aromatic N) is 1. The van der Waals surface area contributed by atoms with Gasteiger partial charge in [0.1, 0.15) is 0 Å². The molecule has 0 saturated carbocycles. The number of hydrogen-bond donors (Lipinski definition) is 1. The third-order valence-electron chi connectivity index (χ3n) is 3.09. The number of para-hydroxylation sites is 1. The number of carbonyl (C=O) groups excluding carboxylic acids is 1. The largest absolute Gasteiger partial charge is 0.272 e. The van der Waals surface area contributed by atoms with Gasteiger partial charge in [0.25, 0.3) is 5.91 Å². The maximum Gasteiger partial charge on any atom is 0.272 e. The molecule has 0 aliphatic heterocycles. The Morgan fingerprint density at radius 1 is 1.00 bits per heavy atom. The van der Waals surface area contributed by atoms with Crippen LogP contribution < -0.4 is 10.9 Å². The van der Waals surface area contributed by atoms with Crippen molar-refractivity contribution in [2.45, 2.75) is 13.8 Å². The zero-order valence-electron chi connectivity index (χ0n) is 10.6. The zero-order valence-corrected chi connectivity index (χ0v) is 10.6. The number of benzene rings is 2. The number of nitrogens with two attached hydrogens (primary N) is 1. The average molecular weight is 240 g/mol. The minimum Gasteiger partial charge on any atom is -0.267 e. The Kier molecular flexibility index (Phi) is 3.44. The maximum absolute atomic E-state index is 12.3. The van der Waals surface area contributed by atoms with E-state index in [2.05, 4.69) is 0 Å². The molecule has 0 saturated heterocycles. The molecular weight excluding hydrogens is 224 g/mol. The summed E-state index contributed by atoms with van der Waals surface area (Å²) in [4.78, 5) is 12.3. The van der Waals surface area contributed by atoms with Gasteiger partial charge in [-0.3, -0.25) is 4.79 Å². The van der Waals surface area contributed by atoms with Crippen molar-refractivity contribution in [1.82, 2.24) is 0 Å². The summed E-state index contributed by atoms with van der Waals surface area (Å²) in [5.74, 6) is 5.68. The van der Waals surface area contributed by atoms with Gasteiger partial charge in [0, 0.05) is 5.56 Å². The second kappa shape index (κ2) is 5.02. The predicted octanol–water partition coefficient (Wildman–Crippen LogP) is 2.82. The molecule has 0 atom stereocenters. The Bertz CT molecular complexity index is 564. The van der Waals surface area contributed by atoms with Crippen LogP contribution in [0, 0.1) is 13.8 Å². The van der Waals surface area contributed by atoms with Crippen LogP contribution in [0.1, 0.15) is 21.5 Å². The summed E-state index contributed by atoms with van der Waals surface area (Å²) >= 11 is 0. The number of hydrogen-bond acceptors (Lipinski definition) is 2. The standard InChI is InChI=1S/C15H16N2O/c1-11-7-6-10-14(12(11)2)15(18)17(16)13-8-4-3-5-9-13/h3-10H,16H2,1-2H3. The van der Waals surface area contributed by atoms with E-state index in [1.807, 2.05) is 56.3 Å². The number of hydrazine groups is 1. The minimum atomic E-state index is -0.192. The van der Waals surface area contributed by atoms with E-state index in [0.717, 1.165) is 11.1 Å². The van der Waals surface area contributed by atoms with Gasteiger partial charge in [0.05, 0.1) is 5.69 Å². The molecule has 3 nitrogen and oxygen atoms in total. The molecule has 0 radical (unpaired) electrons. The van der Waals surface area contributed by atoms with Crippen LogP contribution in [0.25, 0.3) is 0 Å². The van der Waals surface area contributed by atoms with E-state index in [1.54, 1.807) is 6.07 Å². The summed E-state index contributed by atoms with van der Waals surface area (Å²) in [6.07, 6.45) is 0. The molecular formula is C15H16N2O. The van der Waals surface area contributed by atoms with Crippen LogP contribution in [0.3, 0.4) is 0 Å². The first kappa shape index (κ1) is 12.3. The molecule has 0 spiro atoms. The summed E-state index contributed by atoms with van der Waals surface area (Å²) in [5.41, 5.74) is 3.38. The van der Waals surface area contributed by atoms with Gasteiger partial charge in [0.15, 0.2) is 0 Å². The van der Waals surface area contributed by atoms with Gasteiger partial charge < -0.3 is 0 Å². The van der Waals surface area contributed by atoms with Gasteiger partial charge in [-0.05, 0) is 43.2 Å². The fraction of sp³-hybridized carbons (Fsp3) is 0.133. The first-order valence-corrected chi connectivity index (χ1v) is 5.81. The molecule has 18 heavy (non-hydrogen) atoms. The summed E-state index contributed by atoms with van der Waals surface area (Å²) in [6.45, 7) is 3.91. The van der Waals surface area contributed by atoms with E-state index < -0.39 is 0 Å². The number of amides is 1. The summed E-state index contributed by atoms with van der Waals surface area (Å²) in [7, 11) is 0. The summed E-state index contributed by atoms with van der Waals surface area (Å²) < 4.78 is 0. The molecule has 0 aliphatic rings. The first-order valence-electron chi connectivity index (χ1n) is 5.81. The highest BCUT2D eigenvalue weighted by molar-refractivity contribution is 6.06. The van der Waals surface area contributed by atoms with Crippen molar-refractivity contribution in [3.05, 3.63) is 65.2 Å². The Morgan fingerprint density at radius 2 is 1.67 bits per heavy atom.